The van der Waals surface area contributed by atoms with Gasteiger partial charge in [0.05, 0.1) is 12.3 Å². The van der Waals surface area contributed by atoms with Gasteiger partial charge in [-0.05, 0) is 6.92 Å². The van der Waals surface area contributed by atoms with Gasteiger partial charge >= 0.3 is 11.9 Å². The molecule has 1 aliphatic heterocycles. The number of ether oxygens (including phenoxy) is 1. The summed E-state index contributed by atoms with van der Waals surface area (Å²) in [7, 11) is 0. The maximum absolute atomic E-state index is 11.1. The zero-order valence-corrected chi connectivity index (χ0v) is 10.0. The van der Waals surface area contributed by atoms with Crippen LogP contribution >= 0.6 is 0 Å². The van der Waals surface area contributed by atoms with E-state index in [-0.39, 0.29) is 0 Å². The van der Waals surface area contributed by atoms with Crippen LogP contribution < -0.4 is 0 Å². The van der Waals surface area contributed by atoms with Crippen LogP contribution in [0.25, 0.3) is 0 Å². The Morgan fingerprint density at radius 2 is 1.79 bits per heavy atom. The van der Waals surface area contributed by atoms with Crippen molar-refractivity contribution in [2.24, 2.45) is 11.8 Å². The molecule has 1 heterocycles. The molecule has 9 nitrogen and oxygen atoms in total. The van der Waals surface area contributed by atoms with Crippen molar-refractivity contribution in [2.75, 3.05) is 0 Å². The number of carboxylic acids is 2. The first-order valence-corrected chi connectivity index (χ1v) is 5.46. The largest absolute Gasteiger partial charge is 0.481 e. The molecule has 0 spiro atoms. The number of hydrogen-bond acceptors (Lipinski definition) is 7. The van der Waals surface area contributed by atoms with Gasteiger partial charge < -0.3 is 35.4 Å². The highest BCUT2D eigenvalue weighted by atomic mass is 16.7. The molecular formula is C10H16O9. The van der Waals surface area contributed by atoms with Gasteiger partial charge in [-0.2, -0.15) is 0 Å². The SMILES string of the molecule is CC(O)(O)[C@@H]1O[C@H](O)[C@H](O)[C@H]1[C@@H](CC(=O)O)C(=O)O. The van der Waals surface area contributed by atoms with Gasteiger partial charge in [-0.15, -0.1) is 0 Å². The number of carboxylic acid groups (broad SMARTS) is 2. The molecule has 1 aliphatic rings. The van der Waals surface area contributed by atoms with Crippen molar-refractivity contribution in [2.45, 2.75) is 37.6 Å². The fraction of sp³-hybridized carbons (Fsp3) is 0.800. The standard InChI is InChI=1S/C10H16O9/c1-10(17,18)7-5(6(13)9(16)19-7)3(8(14)15)2-4(11)12/h3,5-7,9,13,16-18H,2H2,1H3,(H,11,12)(H,14,15)/t3-,5-,6-,7-,9+/m1/s1. The lowest BCUT2D eigenvalue weighted by atomic mass is 9.80. The first-order chi connectivity index (χ1) is 8.55. The second-order valence-electron chi connectivity index (χ2n) is 4.65. The number of rotatable bonds is 5. The third-order valence-corrected chi connectivity index (χ3v) is 3.04. The molecule has 0 bridgehead atoms. The predicted octanol–water partition coefficient (Wildman–Crippen LogP) is -2.44. The number of aliphatic carboxylic acids is 2. The third-order valence-electron chi connectivity index (χ3n) is 3.04. The molecule has 0 aromatic rings. The Morgan fingerprint density at radius 1 is 1.26 bits per heavy atom. The topological polar surface area (TPSA) is 165 Å². The van der Waals surface area contributed by atoms with Gasteiger partial charge in [-0.25, -0.2) is 0 Å². The van der Waals surface area contributed by atoms with E-state index in [9.17, 15) is 30.0 Å². The van der Waals surface area contributed by atoms with Crippen LogP contribution in [0.3, 0.4) is 0 Å². The molecule has 0 unspecified atom stereocenters. The molecule has 0 radical (unpaired) electrons. The fourth-order valence-corrected chi connectivity index (χ4v) is 2.21. The summed E-state index contributed by atoms with van der Waals surface area (Å²) in [6, 6.07) is 0. The molecule has 9 heteroatoms. The minimum atomic E-state index is -2.53. The first kappa shape index (κ1) is 15.8. The first-order valence-electron chi connectivity index (χ1n) is 5.46. The average Bonchev–Trinajstić information content (AvgIpc) is 2.51. The molecule has 0 aromatic heterocycles. The van der Waals surface area contributed by atoms with Crippen molar-refractivity contribution in [3.05, 3.63) is 0 Å². The van der Waals surface area contributed by atoms with Crippen LogP contribution in [0.4, 0.5) is 0 Å². The molecule has 110 valence electrons. The molecule has 19 heavy (non-hydrogen) atoms. The summed E-state index contributed by atoms with van der Waals surface area (Å²) in [6.07, 6.45) is -6.02. The molecule has 1 rings (SSSR count). The van der Waals surface area contributed by atoms with Gasteiger partial charge in [-0.1, -0.05) is 0 Å². The van der Waals surface area contributed by atoms with Gasteiger partial charge in [0.2, 0.25) is 0 Å². The van der Waals surface area contributed by atoms with Crippen LogP contribution in [0.15, 0.2) is 0 Å². The quantitative estimate of drug-likeness (QED) is 0.300. The van der Waals surface area contributed by atoms with Crippen molar-refractivity contribution in [1.29, 1.82) is 0 Å². The monoisotopic (exact) mass is 280 g/mol. The van der Waals surface area contributed by atoms with Crippen LogP contribution in [0.2, 0.25) is 0 Å². The molecule has 0 aliphatic carbocycles. The third kappa shape index (κ3) is 3.39. The highest BCUT2D eigenvalue weighted by Gasteiger charge is 2.55. The summed E-state index contributed by atoms with van der Waals surface area (Å²) in [4.78, 5) is 21.7. The van der Waals surface area contributed by atoms with E-state index in [1.54, 1.807) is 0 Å². The molecule has 1 fully saturated rings. The van der Waals surface area contributed by atoms with Crippen molar-refractivity contribution in [3.8, 4) is 0 Å². The van der Waals surface area contributed by atoms with Crippen molar-refractivity contribution < 1.29 is 45.0 Å². The van der Waals surface area contributed by atoms with Gasteiger partial charge in [0.25, 0.3) is 0 Å². The fourth-order valence-electron chi connectivity index (χ4n) is 2.21. The number of hydrogen-bond donors (Lipinski definition) is 6. The Hall–Kier alpha value is -1.26. The normalized spacial score (nSPS) is 33.1. The van der Waals surface area contributed by atoms with Crippen molar-refractivity contribution >= 4 is 11.9 Å². The molecule has 0 amide bonds. The lowest BCUT2D eigenvalue weighted by Gasteiger charge is -2.31. The summed E-state index contributed by atoms with van der Waals surface area (Å²) in [5.41, 5.74) is 0. The molecular weight excluding hydrogens is 264 g/mol. The van der Waals surface area contributed by atoms with E-state index in [0.29, 0.717) is 0 Å². The molecule has 5 atom stereocenters. The summed E-state index contributed by atoms with van der Waals surface area (Å²) in [6.45, 7) is 0.884. The Labute approximate surface area is 107 Å². The Kier molecular flexibility index (Phi) is 4.48. The molecule has 6 N–H and O–H groups in total. The van der Waals surface area contributed by atoms with E-state index in [1.807, 2.05) is 0 Å². The lowest BCUT2D eigenvalue weighted by Crippen LogP contribution is -2.48. The number of aliphatic hydroxyl groups is 4. The zero-order valence-electron chi connectivity index (χ0n) is 10.0. The van der Waals surface area contributed by atoms with Gasteiger partial charge in [0.1, 0.15) is 12.2 Å². The van der Waals surface area contributed by atoms with E-state index in [2.05, 4.69) is 0 Å². The summed E-state index contributed by atoms with van der Waals surface area (Å²) < 4.78 is 4.71. The van der Waals surface area contributed by atoms with Gasteiger partial charge in [0.15, 0.2) is 12.1 Å². The van der Waals surface area contributed by atoms with Crippen LogP contribution in [0.1, 0.15) is 13.3 Å². The molecule has 1 saturated heterocycles. The summed E-state index contributed by atoms with van der Waals surface area (Å²) >= 11 is 0. The second kappa shape index (κ2) is 5.39. The Morgan fingerprint density at radius 3 is 2.16 bits per heavy atom. The minimum absolute atomic E-state index is 0.848. The summed E-state index contributed by atoms with van der Waals surface area (Å²) in [5.74, 6) is -8.61. The summed E-state index contributed by atoms with van der Waals surface area (Å²) in [5, 5.41) is 55.6. The lowest BCUT2D eigenvalue weighted by molar-refractivity contribution is -0.250. The molecule has 0 aromatic carbocycles. The average molecular weight is 280 g/mol. The number of carbonyl (C=O) groups is 2. The Balaban J connectivity index is 3.08. The van der Waals surface area contributed by atoms with Crippen LogP contribution in [0.5, 0.6) is 0 Å². The van der Waals surface area contributed by atoms with E-state index in [0.717, 1.165) is 6.92 Å². The van der Waals surface area contributed by atoms with E-state index < -0.39 is 54.5 Å². The molecule has 0 saturated carbocycles. The Bertz CT molecular complexity index is 361. The maximum Gasteiger partial charge on any atom is 0.307 e. The van der Waals surface area contributed by atoms with Crippen LogP contribution in [0, 0.1) is 11.8 Å². The van der Waals surface area contributed by atoms with Crippen molar-refractivity contribution in [3.63, 3.8) is 0 Å². The van der Waals surface area contributed by atoms with E-state index in [1.165, 1.54) is 0 Å². The minimum Gasteiger partial charge on any atom is -0.481 e. The highest BCUT2D eigenvalue weighted by Crippen LogP contribution is 2.38. The number of aliphatic hydroxyl groups excluding tert-OH is 2. The van der Waals surface area contributed by atoms with Gasteiger partial charge in [-0.3, -0.25) is 9.59 Å². The predicted molar refractivity (Wildman–Crippen MR) is 56.6 cm³/mol. The van der Waals surface area contributed by atoms with Crippen molar-refractivity contribution in [1.82, 2.24) is 0 Å². The highest BCUT2D eigenvalue weighted by molar-refractivity contribution is 5.78. The van der Waals surface area contributed by atoms with E-state index >= 15 is 0 Å². The van der Waals surface area contributed by atoms with Gasteiger partial charge in [0, 0.05) is 5.92 Å². The zero-order chi connectivity index (χ0) is 15.0. The van der Waals surface area contributed by atoms with Crippen LogP contribution in [-0.2, 0) is 14.3 Å². The van der Waals surface area contributed by atoms with E-state index in [4.69, 9.17) is 14.9 Å². The second-order valence-corrected chi connectivity index (χ2v) is 4.65. The van der Waals surface area contributed by atoms with Crippen LogP contribution in [-0.4, -0.2) is 66.9 Å². The maximum atomic E-state index is 11.1. The smallest absolute Gasteiger partial charge is 0.307 e.